The molecule has 0 fully saturated rings. The van der Waals surface area contributed by atoms with Gasteiger partial charge in [-0.3, -0.25) is 4.79 Å². The van der Waals surface area contributed by atoms with Crippen molar-refractivity contribution in [2.45, 2.75) is 24.7 Å². The zero-order valence-corrected chi connectivity index (χ0v) is 11.5. The molecular weight excluding hydrogens is 272 g/mol. The summed E-state index contributed by atoms with van der Waals surface area (Å²) < 4.78 is 0. The van der Waals surface area contributed by atoms with Crippen molar-refractivity contribution in [3.8, 4) is 0 Å². The van der Waals surface area contributed by atoms with E-state index >= 15 is 0 Å². The van der Waals surface area contributed by atoms with Gasteiger partial charge in [-0.1, -0.05) is 35.5 Å². The van der Waals surface area contributed by atoms with Crippen molar-refractivity contribution in [2.75, 3.05) is 5.32 Å². The highest BCUT2D eigenvalue weighted by atomic mass is 35.5. The van der Waals surface area contributed by atoms with Gasteiger partial charge < -0.3 is 10.4 Å². The molecule has 1 aromatic rings. The number of aliphatic hydroxyl groups is 1. The first-order valence-electron chi connectivity index (χ1n) is 5.41. The van der Waals surface area contributed by atoms with Crippen LogP contribution >= 0.6 is 23.4 Å². The molecule has 1 atom stereocenters. The summed E-state index contributed by atoms with van der Waals surface area (Å²) >= 11 is 7.21. The number of rotatable bonds is 2. The SMILES string of the molecule is CC(C)(O)C1SC(Nc2ccccc2Cl)=NC1=O. The maximum absolute atomic E-state index is 11.7. The summed E-state index contributed by atoms with van der Waals surface area (Å²) in [7, 11) is 0. The van der Waals surface area contributed by atoms with Crippen LogP contribution in [0.3, 0.4) is 0 Å². The van der Waals surface area contributed by atoms with Crippen LogP contribution < -0.4 is 5.32 Å². The molecule has 0 aromatic heterocycles. The molecule has 6 heteroatoms. The van der Waals surface area contributed by atoms with E-state index in [0.717, 1.165) is 0 Å². The Bertz CT molecular complexity index is 511. The van der Waals surface area contributed by atoms with Gasteiger partial charge in [-0.05, 0) is 26.0 Å². The molecule has 0 spiro atoms. The van der Waals surface area contributed by atoms with Crippen LogP contribution in [0.15, 0.2) is 29.3 Å². The van der Waals surface area contributed by atoms with Gasteiger partial charge >= 0.3 is 0 Å². The smallest absolute Gasteiger partial charge is 0.264 e. The Labute approximate surface area is 114 Å². The first kappa shape index (κ1) is 13.4. The van der Waals surface area contributed by atoms with Gasteiger partial charge in [0, 0.05) is 0 Å². The number of carbonyl (C=O) groups is 1. The van der Waals surface area contributed by atoms with E-state index in [1.807, 2.05) is 12.1 Å². The number of hydrogen-bond acceptors (Lipinski definition) is 4. The lowest BCUT2D eigenvalue weighted by Gasteiger charge is -2.21. The van der Waals surface area contributed by atoms with Crippen LogP contribution in [0.2, 0.25) is 5.02 Å². The fourth-order valence-corrected chi connectivity index (χ4v) is 2.69. The average Bonchev–Trinajstić information content (AvgIpc) is 2.63. The summed E-state index contributed by atoms with van der Waals surface area (Å²) in [5.41, 5.74) is -0.413. The van der Waals surface area contributed by atoms with Crippen molar-refractivity contribution in [2.24, 2.45) is 4.99 Å². The van der Waals surface area contributed by atoms with E-state index in [-0.39, 0.29) is 5.91 Å². The molecule has 0 bridgehead atoms. The van der Waals surface area contributed by atoms with Crippen LogP contribution in [0.1, 0.15) is 13.8 Å². The van der Waals surface area contributed by atoms with Crippen LogP contribution in [0.4, 0.5) is 5.69 Å². The van der Waals surface area contributed by atoms with Crippen LogP contribution in [0, 0.1) is 0 Å². The molecule has 18 heavy (non-hydrogen) atoms. The minimum atomic E-state index is -1.10. The van der Waals surface area contributed by atoms with Gasteiger partial charge in [-0.15, -0.1) is 0 Å². The second kappa shape index (κ2) is 4.91. The first-order chi connectivity index (χ1) is 8.38. The lowest BCUT2D eigenvalue weighted by molar-refractivity contribution is -0.120. The molecule has 0 saturated carbocycles. The third-order valence-corrected chi connectivity index (χ3v) is 4.18. The molecule has 4 nitrogen and oxygen atoms in total. The molecular formula is C12H13ClN2O2S. The Morgan fingerprint density at radius 1 is 1.44 bits per heavy atom. The molecule has 1 heterocycles. The molecule has 1 aromatic carbocycles. The summed E-state index contributed by atoms with van der Waals surface area (Å²) in [4.78, 5) is 15.5. The van der Waals surface area contributed by atoms with E-state index < -0.39 is 10.9 Å². The largest absolute Gasteiger partial charge is 0.389 e. The topological polar surface area (TPSA) is 61.7 Å². The van der Waals surface area contributed by atoms with E-state index in [4.69, 9.17) is 11.6 Å². The van der Waals surface area contributed by atoms with E-state index in [1.165, 1.54) is 11.8 Å². The minimum absolute atomic E-state index is 0.331. The number of hydrogen-bond donors (Lipinski definition) is 2. The van der Waals surface area contributed by atoms with Gasteiger partial charge in [0.2, 0.25) is 0 Å². The Kier molecular flexibility index (Phi) is 3.66. The van der Waals surface area contributed by atoms with Gasteiger partial charge in [-0.25, -0.2) is 0 Å². The summed E-state index contributed by atoms with van der Waals surface area (Å²) in [5.74, 6) is -0.331. The number of amidine groups is 1. The summed E-state index contributed by atoms with van der Waals surface area (Å²) in [6.45, 7) is 3.19. The first-order valence-corrected chi connectivity index (χ1v) is 6.67. The van der Waals surface area contributed by atoms with E-state index in [9.17, 15) is 9.90 Å². The summed E-state index contributed by atoms with van der Waals surface area (Å²) in [5, 5.41) is 13.3. The monoisotopic (exact) mass is 284 g/mol. The number of aliphatic imine (C=N–C) groups is 1. The maximum Gasteiger partial charge on any atom is 0.264 e. The maximum atomic E-state index is 11.7. The predicted octanol–water partition coefficient (Wildman–Crippen LogP) is 2.52. The quantitative estimate of drug-likeness (QED) is 0.876. The Hall–Kier alpha value is -1.04. The second-order valence-corrected chi connectivity index (χ2v) is 6.01. The highest BCUT2D eigenvalue weighted by Gasteiger charge is 2.39. The standard InChI is InChI=1S/C12H13ClN2O2S/c1-12(2,17)9-10(16)15-11(18-9)14-8-6-4-3-5-7(8)13/h3-6,9,17H,1-2H3,(H,14,15,16). The van der Waals surface area contributed by atoms with Crippen molar-refractivity contribution in [3.05, 3.63) is 29.3 Å². The summed E-state index contributed by atoms with van der Waals surface area (Å²) in [6, 6.07) is 7.21. The molecule has 1 aliphatic heterocycles. The van der Waals surface area contributed by atoms with E-state index in [0.29, 0.717) is 15.9 Å². The van der Waals surface area contributed by atoms with Gasteiger partial charge in [0.05, 0.1) is 16.3 Å². The third kappa shape index (κ3) is 2.85. The van der Waals surface area contributed by atoms with Crippen LogP contribution in [0.25, 0.3) is 0 Å². The molecule has 0 radical (unpaired) electrons. The van der Waals surface area contributed by atoms with Crippen LogP contribution in [-0.2, 0) is 4.79 Å². The van der Waals surface area contributed by atoms with Crippen molar-refractivity contribution >= 4 is 40.1 Å². The van der Waals surface area contributed by atoms with Crippen molar-refractivity contribution in [1.82, 2.24) is 0 Å². The molecule has 0 saturated heterocycles. The Morgan fingerprint density at radius 2 is 2.11 bits per heavy atom. The molecule has 1 aliphatic rings. The molecule has 0 aliphatic carbocycles. The Morgan fingerprint density at radius 3 is 2.67 bits per heavy atom. The summed E-state index contributed by atoms with van der Waals surface area (Å²) in [6.07, 6.45) is 0. The fraction of sp³-hybridized carbons (Fsp3) is 0.333. The lowest BCUT2D eigenvalue weighted by Crippen LogP contribution is -2.37. The highest BCUT2D eigenvalue weighted by Crippen LogP contribution is 2.32. The van der Waals surface area contributed by atoms with E-state index in [1.54, 1.807) is 26.0 Å². The fourth-order valence-electron chi connectivity index (χ4n) is 1.53. The molecule has 1 unspecified atom stereocenters. The number of nitrogens with one attached hydrogen (secondary N) is 1. The minimum Gasteiger partial charge on any atom is -0.389 e. The number of anilines is 1. The number of halogens is 1. The average molecular weight is 285 g/mol. The number of benzene rings is 1. The number of amides is 1. The molecule has 2 rings (SSSR count). The van der Waals surface area contributed by atoms with Gasteiger partial charge in [-0.2, -0.15) is 4.99 Å². The Balaban J connectivity index is 2.12. The van der Waals surface area contributed by atoms with E-state index in [2.05, 4.69) is 10.3 Å². The van der Waals surface area contributed by atoms with Crippen molar-refractivity contribution in [1.29, 1.82) is 0 Å². The number of nitrogens with zero attached hydrogens (tertiary/aromatic N) is 1. The normalized spacial score (nSPS) is 19.9. The van der Waals surface area contributed by atoms with Gasteiger partial charge in [0.1, 0.15) is 5.25 Å². The van der Waals surface area contributed by atoms with Gasteiger partial charge in [0.15, 0.2) is 5.17 Å². The zero-order chi connectivity index (χ0) is 13.3. The number of para-hydroxylation sites is 1. The number of thioether (sulfide) groups is 1. The zero-order valence-electron chi connectivity index (χ0n) is 9.98. The van der Waals surface area contributed by atoms with Crippen molar-refractivity contribution < 1.29 is 9.90 Å². The number of carbonyl (C=O) groups excluding carboxylic acids is 1. The lowest BCUT2D eigenvalue weighted by atomic mass is 10.1. The van der Waals surface area contributed by atoms with Crippen molar-refractivity contribution in [3.63, 3.8) is 0 Å². The molecule has 2 N–H and O–H groups in total. The molecule has 96 valence electrons. The second-order valence-electron chi connectivity index (χ2n) is 4.51. The van der Waals surface area contributed by atoms with Crippen LogP contribution in [0.5, 0.6) is 0 Å². The third-order valence-electron chi connectivity index (χ3n) is 2.42. The highest BCUT2D eigenvalue weighted by molar-refractivity contribution is 8.15. The predicted molar refractivity (Wildman–Crippen MR) is 75.2 cm³/mol. The molecule has 1 amide bonds. The van der Waals surface area contributed by atoms with Gasteiger partial charge in [0.25, 0.3) is 5.91 Å². The van der Waals surface area contributed by atoms with Crippen LogP contribution in [-0.4, -0.2) is 27.0 Å².